The normalized spacial score (nSPS) is 16.3. The van der Waals surface area contributed by atoms with Gasteiger partial charge in [0.2, 0.25) is 5.88 Å². The lowest BCUT2D eigenvalue weighted by Crippen LogP contribution is -2.20. The van der Waals surface area contributed by atoms with Crippen LogP contribution in [0.3, 0.4) is 0 Å². The molecule has 0 saturated carbocycles. The highest BCUT2D eigenvalue weighted by molar-refractivity contribution is 7.99. The van der Waals surface area contributed by atoms with Crippen molar-refractivity contribution in [3.05, 3.63) is 42.1 Å². The zero-order valence-electron chi connectivity index (χ0n) is 14.2. The minimum atomic E-state index is -0.294. The number of rotatable bonds is 6. The number of benzene rings is 1. The molecule has 1 fully saturated rings. The minimum Gasteiger partial charge on any atom is -0.497 e. The summed E-state index contributed by atoms with van der Waals surface area (Å²) in [6.45, 7) is 0. The summed E-state index contributed by atoms with van der Waals surface area (Å²) in [5.74, 6) is 3.23. The van der Waals surface area contributed by atoms with Crippen LogP contribution in [0.25, 0.3) is 0 Å². The van der Waals surface area contributed by atoms with E-state index in [1.165, 1.54) is 0 Å². The molecule has 1 amide bonds. The quantitative estimate of drug-likeness (QED) is 0.853. The third-order valence-corrected chi connectivity index (χ3v) is 4.97. The SMILES string of the molecule is COc1ccc(NC(=O)c2cccnc2OC2CCSC2)c(OC)c1. The van der Waals surface area contributed by atoms with E-state index in [0.717, 1.165) is 17.9 Å². The first-order valence-electron chi connectivity index (χ1n) is 7.94. The lowest BCUT2D eigenvalue weighted by molar-refractivity contribution is 0.101. The summed E-state index contributed by atoms with van der Waals surface area (Å²) in [5, 5.41) is 2.85. The second-order valence-corrected chi connectivity index (χ2v) is 6.63. The van der Waals surface area contributed by atoms with Gasteiger partial charge in [-0.2, -0.15) is 11.8 Å². The summed E-state index contributed by atoms with van der Waals surface area (Å²) in [6, 6.07) is 8.63. The molecule has 0 radical (unpaired) electrons. The van der Waals surface area contributed by atoms with Gasteiger partial charge in [0, 0.05) is 18.0 Å². The third kappa shape index (κ3) is 4.17. The zero-order valence-corrected chi connectivity index (χ0v) is 15.0. The predicted molar refractivity (Wildman–Crippen MR) is 98.1 cm³/mol. The minimum absolute atomic E-state index is 0.0990. The molecule has 1 saturated heterocycles. The summed E-state index contributed by atoms with van der Waals surface area (Å²) < 4.78 is 16.4. The lowest BCUT2D eigenvalue weighted by Gasteiger charge is -2.15. The summed E-state index contributed by atoms with van der Waals surface area (Å²) >= 11 is 1.84. The van der Waals surface area contributed by atoms with Crippen LogP contribution in [0.15, 0.2) is 36.5 Å². The van der Waals surface area contributed by atoms with Gasteiger partial charge in [-0.05, 0) is 36.4 Å². The number of ether oxygens (including phenoxy) is 3. The molecular weight excluding hydrogens is 340 g/mol. The summed E-state index contributed by atoms with van der Waals surface area (Å²) in [7, 11) is 3.12. The van der Waals surface area contributed by atoms with E-state index in [2.05, 4.69) is 10.3 Å². The number of carbonyl (C=O) groups is 1. The highest BCUT2D eigenvalue weighted by Crippen LogP contribution is 2.30. The number of hydrogen-bond acceptors (Lipinski definition) is 6. The maximum absolute atomic E-state index is 12.7. The number of pyridine rings is 1. The Morgan fingerprint density at radius 3 is 2.88 bits per heavy atom. The van der Waals surface area contributed by atoms with Crippen LogP contribution in [0.2, 0.25) is 0 Å². The molecule has 0 spiro atoms. The molecule has 2 heterocycles. The van der Waals surface area contributed by atoms with E-state index in [9.17, 15) is 4.79 Å². The van der Waals surface area contributed by atoms with Crippen LogP contribution in [-0.4, -0.2) is 42.7 Å². The van der Waals surface area contributed by atoms with Crippen LogP contribution < -0.4 is 19.5 Å². The van der Waals surface area contributed by atoms with E-state index >= 15 is 0 Å². The first-order chi connectivity index (χ1) is 12.2. The largest absolute Gasteiger partial charge is 0.497 e. The molecule has 7 heteroatoms. The van der Waals surface area contributed by atoms with Crippen molar-refractivity contribution in [1.29, 1.82) is 0 Å². The average molecular weight is 360 g/mol. The Hall–Kier alpha value is -2.41. The maximum atomic E-state index is 12.7. The van der Waals surface area contributed by atoms with E-state index in [1.54, 1.807) is 50.7 Å². The average Bonchev–Trinajstić information content (AvgIpc) is 3.15. The van der Waals surface area contributed by atoms with Crippen LogP contribution in [0.4, 0.5) is 5.69 Å². The van der Waals surface area contributed by atoms with Gasteiger partial charge in [0.05, 0.1) is 19.9 Å². The number of nitrogens with zero attached hydrogens (tertiary/aromatic N) is 1. The summed E-state index contributed by atoms with van der Waals surface area (Å²) in [5.41, 5.74) is 0.955. The second kappa shape index (κ2) is 8.11. The second-order valence-electron chi connectivity index (χ2n) is 5.48. The van der Waals surface area contributed by atoms with Gasteiger partial charge < -0.3 is 19.5 Å². The Morgan fingerprint density at radius 2 is 2.16 bits per heavy atom. The fourth-order valence-electron chi connectivity index (χ4n) is 2.51. The number of anilines is 1. The molecule has 1 aliphatic rings. The number of carbonyl (C=O) groups excluding carboxylic acids is 1. The standard InChI is InChI=1S/C18H20N2O4S/c1-22-12-5-6-15(16(10-12)23-2)20-17(21)14-4-3-8-19-18(14)24-13-7-9-25-11-13/h3-6,8,10,13H,7,9,11H2,1-2H3,(H,20,21). The van der Waals surface area contributed by atoms with Crippen molar-refractivity contribution in [1.82, 2.24) is 4.98 Å². The van der Waals surface area contributed by atoms with Gasteiger partial charge in [0.1, 0.15) is 23.2 Å². The molecule has 6 nitrogen and oxygen atoms in total. The molecule has 0 bridgehead atoms. The predicted octanol–water partition coefficient (Wildman–Crippen LogP) is 3.24. The first-order valence-corrected chi connectivity index (χ1v) is 9.09. The van der Waals surface area contributed by atoms with Crippen molar-refractivity contribution in [2.75, 3.05) is 31.0 Å². The number of aromatic nitrogens is 1. The third-order valence-electron chi connectivity index (χ3n) is 3.84. The highest BCUT2D eigenvalue weighted by Gasteiger charge is 2.22. The Labute approximate surface area is 150 Å². The van der Waals surface area contributed by atoms with Gasteiger partial charge in [-0.25, -0.2) is 4.98 Å². The van der Waals surface area contributed by atoms with E-state index in [1.807, 2.05) is 11.8 Å². The number of nitrogens with one attached hydrogen (secondary N) is 1. The molecule has 1 unspecified atom stereocenters. The van der Waals surface area contributed by atoms with Gasteiger partial charge in [0.15, 0.2) is 0 Å². The molecule has 2 aromatic rings. The number of methoxy groups -OCH3 is 2. The van der Waals surface area contributed by atoms with E-state index < -0.39 is 0 Å². The summed E-state index contributed by atoms with van der Waals surface area (Å²) in [6.07, 6.45) is 2.69. The molecule has 1 atom stereocenters. The van der Waals surface area contributed by atoms with Crippen LogP contribution >= 0.6 is 11.8 Å². The van der Waals surface area contributed by atoms with Crippen LogP contribution in [0.1, 0.15) is 16.8 Å². The van der Waals surface area contributed by atoms with Gasteiger partial charge in [-0.3, -0.25) is 4.79 Å². The van der Waals surface area contributed by atoms with Gasteiger partial charge in [-0.1, -0.05) is 0 Å². The van der Waals surface area contributed by atoms with Crippen LogP contribution in [0, 0.1) is 0 Å². The molecular formula is C18H20N2O4S. The van der Waals surface area contributed by atoms with Crippen molar-refractivity contribution in [3.8, 4) is 17.4 Å². The molecule has 1 aliphatic heterocycles. The lowest BCUT2D eigenvalue weighted by atomic mass is 10.2. The van der Waals surface area contributed by atoms with E-state index in [4.69, 9.17) is 14.2 Å². The fraction of sp³-hybridized carbons (Fsp3) is 0.333. The molecule has 3 rings (SSSR count). The fourth-order valence-corrected chi connectivity index (χ4v) is 3.61. The zero-order chi connectivity index (χ0) is 17.6. The van der Waals surface area contributed by atoms with Crippen molar-refractivity contribution < 1.29 is 19.0 Å². The maximum Gasteiger partial charge on any atom is 0.261 e. The van der Waals surface area contributed by atoms with E-state index in [-0.39, 0.29) is 12.0 Å². The number of hydrogen-bond donors (Lipinski definition) is 1. The highest BCUT2D eigenvalue weighted by atomic mass is 32.2. The number of thioether (sulfide) groups is 1. The first kappa shape index (κ1) is 17.4. The Kier molecular flexibility index (Phi) is 5.65. The smallest absolute Gasteiger partial charge is 0.261 e. The van der Waals surface area contributed by atoms with Crippen LogP contribution in [0.5, 0.6) is 17.4 Å². The van der Waals surface area contributed by atoms with Crippen molar-refractivity contribution >= 4 is 23.4 Å². The van der Waals surface area contributed by atoms with Crippen molar-refractivity contribution in [2.24, 2.45) is 0 Å². The molecule has 25 heavy (non-hydrogen) atoms. The molecule has 1 aromatic carbocycles. The molecule has 0 aliphatic carbocycles. The van der Waals surface area contributed by atoms with Gasteiger partial charge >= 0.3 is 0 Å². The monoisotopic (exact) mass is 360 g/mol. The number of amides is 1. The molecule has 1 aromatic heterocycles. The van der Waals surface area contributed by atoms with E-state index in [0.29, 0.717) is 28.6 Å². The Bertz CT molecular complexity index is 748. The Morgan fingerprint density at radius 1 is 1.28 bits per heavy atom. The van der Waals surface area contributed by atoms with Crippen molar-refractivity contribution in [3.63, 3.8) is 0 Å². The topological polar surface area (TPSA) is 69.7 Å². The molecule has 1 N–H and O–H groups in total. The molecule has 132 valence electrons. The van der Waals surface area contributed by atoms with Gasteiger partial charge in [0.25, 0.3) is 5.91 Å². The van der Waals surface area contributed by atoms with Gasteiger partial charge in [-0.15, -0.1) is 0 Å². The Balaban J connectivity index is 1.79. The van der Waals surface area contributed by atoms with Crippen LogP contribution in [-0.2, 0) is 0 Å². The van der Waals surface area contributed by atoms with Crippen molar-refractivity contribution in [2.45, 2.75) is 12.5 Å². The summed E-state index contributed by atoms with van der Waals surface area (Å²) in [4.78, 5) is 16.9.